The van der Waals surface area contributed by atoms with E-state index in [0.717, 1.165) is 28.5 Å². The highest BCUT2D eigenvalue weighted by Gasteiger charge is 2.55. The van der Waals surface area contributed by atoms with Gasteiger partial charge >= 0.3 is 6.18 Å². The topological polar surface area (TPSA) is 103 Å². The molecular formula is C22H23F3N6O2. The minimum absolute atomic E-state index is 0.173. The molecule has 0 aliphatic heterocycles. The van der Waals surface area contributed by atoms with Gasteiger partial charge in [0.1, 0.15) is 5.69 Å². The second-order valence-electron chi connectivity index (χ2n) is 7.61. The SMILES string of the molecule is CCOc1ccc(-c2c(N)cc3cc(Cn4cc(C(O)(CC)C(F)(F)F)nn4)ccn23)cn1. The monoisotopic (exact) mass is 460 g/mol. The third-order valence-electron chi connectivity index (χ3n) is 5.46. The Hall–Kier alpha value is -3.60. The Morgan fingerprint density at radius 3 is 2.58 bits per heavy atom. The number of nitrogens with two attached hydrogens (primary N) is 1. The predicted octanol–water partition coefficient (Wildman–Crippen LogP) is 3.78. The van der Waals surface area contributed by atoms with Gasteiger partial charge in [0, 0.05) is 29.5 Å². The number of rotatable bonds is 7. The van der Waals surface area contributed by atoms with Crippen molar-refractivity contribution < 1.29 is 23.0 Å². The van der Waals surface area contributed by atoms with Gasteiger partial charge in [0.15, 0.2) is 0 Å². The van der Waals surface area contributed by atoms with Crippen molar-refractivity contribution >= 4 is 11.2 Å². The Morgan fingerprint density at radius 2 is 1.94 bits per heavy atom. The molecule has 0 spiro atoms. The van der Waals surface area contributed by atoms with E-state index in [1.807, 2.05) is 41.8 Å². The van der Waals surface area contributed by atoms with Crippen LogP contribution >= 0.6 is 0 Å². The summed E-state index contributed by atoms with van der Waals surface area (Å²) in [6.45, 7) is 3.82. The highest BCUT2D eigenvalue weighted by molar-refractivity contribution is 5.80. The molecule has 0 aromatic carbocycles. The first-order valence-electron chi connectivity index (χ1n) is 10.3. The Balaban J connectivity index is 1.61. The number of nitrogen functional groups attached to an aromatic ring is 1. The normalized spacial score (nSPS) is 13.9. The summed E-state index contributed by atoms with van der Waals surface area (Å²) < 4.78 is 48.4. The van der Waals surface area contributed by atoms with E-state index in [4.69, 9.17) is 10.5 Å². The van der Waals surface area contributed by atoms with Gasteiger partial charge in [0.2, 0.25) is 11.5 Å². The molecule has 174 valence electrons. The number of aliphatic hydroxyl groups is 1. The molecule has 0 aliphatic rings. The summed E-state index contributed by atoms with van der Waals surface area (Å²) in [6.07, 6.45) is -0.790. The molecule has 0 bridgehead atoms. The molecular weight excluding hydrogens is 437 g/mol. The second kappa shape index (κ2) is 8.39. The van der Waals surface area contributed by atoms with Crippen LogP contribution in [0.25, 0.3) is 16.8 Å². The van der Waals surface area contributed by atoms with Crippen molar-refractivity contribution in [3.63, 3.8) is 0 Å². The fourth-order valence-electron chi connectivity index (χ4n) is 3.68. The second-order valence-corrected chi connectivity index (χ2v) is 7.61. The van der Waals surface area contributed by atoms with Crippen molar-refractivity contribution in [3.8, 4) is 17.1 Å². The average Bonchev–Trinajstić information content (AvgIpc) is 3.37. The van der Waals surface area contributed by atoms with Gasteiger partial charge in [0.05, 0.1) is 30.7 Å². The summed E-state index contributed by atoms with van der Waals surface area (Å²) >= 11 is 0. The van der Waals surface area contributed by atoms with Gasteiger partial charge < -0.3 is 20.0 Å². The Bertz CT molecular complexity index is 1270. The third kappa shape index (κ3) is 4.11. The summed E-state index contributed by atoms with van der Waals surface area (Å²) in [5, 5.41) is 17.4. The lowest BCUT2D eigenvalue weighted by Crippen LogP contribution is -2.42. The molecule has 4 aromatic rings. The zero-order valence-electron chi connectivity index (χ0n) is 18.0. The molecule has 8 nitrogen and oxygen atoms in total. The zero-order chi connectivity index (χ0) is 23.8. The van der Waals surface area contributed by atoms with Crippen LogP contribution in [0.3, 0.4) is 0 Å². The molecule has 4 rings (SSSR count). The third-order valence-corrected chi connectivity index (χ3v) is 5.46. The van der Waals surface area contributed by atoms with Crippen LogP contribution in [-0.4, -0.2) is 42.3 Å². The Labute approximate surface area is 187 Å². The number of anilines is 1. The van der Waals surface area contributed by atoms with Crippen molar-refractivity contribution in [2.24, 2.45) is 0 Å². The van der Waals surface area contributed by atoms with E-state index in [-0.39, 0.29) is 6.54 Å². The molecule has 11 heteroatoms. The highest BCUT2D eigenvalue weighted by Crippen LogP contribution is 2.40. The van der Waals surface area contributed by atoms with Crippen LogP contribution in [0.15, 0.2) is 48.9 Å². The molecule has 3 N–H and O–H groups in total. The molecule has 33 heavy (non-hydrogen) atoms. The van der Waals surface area contributed by atoms with Crippen LogP contribution in [0.5, 0.6) is 5.88 Å². The van der Waals surface area contributed by atoms with Crippen LogP contribution < -0.4 is 10.5 Å². The molecule has 4 heterocycles. The number of alkyl halides is 3. The summed E-state index contributed by atoms with van der Waals surface area (Å²) in [4.78, 5) is 4.28. The maximum Gasteiger partial charge on any atom is 0.423 e. The number of hydrogen-bond acceptors (Lipinski definition) is 6. The van der Waals surface area contributed by atoms with Gasteiger partial charge in [-0.15, -0.1) is 5.10 Å². The number of nitrogens with zero attached hydrogens (tertiary/aromatic N) is 5. The fourth-order valence-corrected chi connectivity index (χ4v) is 3.68. The molecule has 4 aromatic heterocycles. The van der Waals surface area contributed by atoms with Crippen molar-refractivity contribution in [2.75, 3.05) is 12.3 Å². The minimum atomic E-state index is -4.85. The zero-order valence-corrected chi connectivity index (χ0v) is 18.0. The molecule has 0 saturated carbocycles. The average molecular weight is 460 g/mol. The summed E-state index contributed by atoms with van der Waals surface area (Å²) in [5.41, 5.74) is 6.40. The van der Waals surface area contributed by atoms with Gasteiger partial charge in [-0.05, 0) is 43.2 Å². The summed E-state index contributed by atoms with van der Waals surface area (Å²) in [7, 11) is 0. The van der Waals surface area contributed by atoms with Crippen molar-refractivity contribution in [1.82, 2.24) is 24.4 Å². The van der Waals surface area contributed by atoms with Crippen LogP contribution in [0.1, 0.15) is 31.5 Å². The smallest absolute Gasteiger partial charge is 0.423 e. The van der Waals surface area contributed by atoms with Gasteiger partial charge in [0.25, 0.3) is 0 Å². The lowest BCUT2D eigenvalue weighted by molar-refractivity contribution is -0.269. The van der Waals surface area contributed by atoms with E-state index >= 15 is 0 Å². The predicted molar refractivity (Wildman–Crippen MR) is 116 cm³/mol. The molecule has 1 unspecified atom stereocenters. The maximum absolute atomic E-state index is 13.3. The van der Waals surface area contributed by atoms with E-state index in [2.05, 4.69) is 15.3 Å². The van der Waals surface area contributed by atoms with E-state index in [1.165, 1.54) is 11.6 Å². The van der Waals surface area contributed by atoms with E-state index in [1.54, 1.807) is 12.3 Å². The number of halogens is 3. The van der Waals surface area contributed by atoms with Crippen molar-refractivity contribution in [3.05, 3.63) is 60.2 Å². The number of aromatic nitrogens is 5. The summed E-state index contributed by atoms with van der Waals surface area (Å²) in [5.74, 6) is 0.524. The molecule has 0 radical (unpaired) electrons. The van der Waals surface area contributed by atoms with Crippen LogP contribution in [-0.2, 0) is 12.1 Å². The van der Waals surface area contributed by atoms with Crippen LogP contribution in [0.2, 0.25) is 0 Å². The van der Waals surface area contributed by atoms with Gasteiger partial charge in [-0.3, -0.25) is 0 Å². The van der Waals surface area contributed by atoms with Crippen molar-refractivity contribution in [1.29, 1.82) is 0 Å². The van der Waals surface area contributed by atoms with E-state index in [9.17, 15) is 18.3 Å². The highest BCUT2D eigenvalue weighted by atomic mass is 19.4. The molecule has 0 saturated heterocycles. The number of fused-ring (bicyclic) bond motifs is 1. The lowest BCUT2D eigenvalue weighted by atomic mass is 9.96. The van der Waals surface area contributed by atoms with Gasteiger partial charge in [-0.1, -0.05) is 12.1 Å². The summed E-state index contributed by atoms with van der Waals surface area (Å²) in [6, 6.07) is 9.12. The van der Waals surface area contributed by atoms with Crippen LogP contribution in [0.4, 0.5) is 18.9 Å². The first-order valence-corrected chi connectivity index (χ1v) is 10.3. The molecule has 0 fully saturated rings. The molecule has 0 amide bonds. The lowest BCUT2D eigenvalue weighted by Gasteiger charge is -2.26. The Morgan fingerprint density at radius 1 is 1.15 bits per heavy atom. The Kier molecular flexibility index (Phi) is 5.75. The van der Waals surface area contributed by atoms with Crippen LogP contribution in [0, 0.1) is 0 Å². The minimum Gasteiger partial charge on any atom is -0.478 e. The molecule has 0 aliphatic carbocycles. The quantitative estimate of drug-likeness (QED) is 0.435. The van der Waals surface area contributed by atoms with Gasteiger partial charge in [-0.25, -0.2) is 9.67 Å². The standard InChI is InChI=1S/C22H23F3N6O2/c1-3-21(32,22(23,24)25)18-13-30(29-28-18)12-14-7-8-31-16(9-14)10-17(26)20(31)15-5-6-19(27-11-15)33-4-2/h5-11,13,32H,3-4,12,26H2,1-2H3. The molecule has 1 atom stereocenters. The maximum atomic E-state index is 13.3. The van der Waals surface area contributed by atoms with Crippen molar-refractivity contribution in [2.45, 2.75) is 38.6 Å². The first-order chi connectivity index (χ1) is 15.7. The first kappa shape index (κ1) is 22.6. The number of ether oxygens (including phenoxy) is 1. The number of hydrogen-bond donors (Lipinski definition) is 2. The largest absolute Gasteiger partial charge is 0.478 e. The van der Waals surface area contributed by atoms with Gasteiger partial charge in [-0.2, -0.15) is 13.2 Å². The number of pyridine rings is 2. The van der Waals surface area contributed by atoms with E-state index < -0.39 is 23.9 Å². The fraction of sp³-hybridized carbons (Fsp3) is 0.318. The van der Waals surface area contributed by atoms with E-state index in [0.29, 0.717) is 18.2 Å².